The second-order valence-electron chi connectivity index (χ2n) is 4.27. The molecule has 0 atom stereocenters. The minimum absolute atomic E-state index is 0.0481. The standard InChI is InChI=1S/C11H12FNO/c1-11(2)6-9(14)13-8-5-3-4-7(12)10(8)11/h3-5H,6H2,1-2H3,(H,13,14). The largest absolute Gasteiger partial charge is 0.326 e. The summed E-state index contributed by atoms with van der Waals surface area (Å²) in [6, 6.07) is 4.77. The Bertz CT molecular complexity index is 398. The van der Waals surface area contributed by atoms with Gasteiger partial charge in [0, 0.05) is 23.1 Å². The van der Waals surface area contributed by atoms with Crippen LogP contribution in [0.4, 0.5) is 10.1 Å². The number of hydrogen-bond acceptors (Lipinski definition) is 1. The molecule has 1 heterocycles. The Morgan fingerprint density at radius 1 is 1.43 bits per heavy atom. The monoisotopic (exact) mass is 193 g/mol. The van der Waals surface area contributed by atoms with E-state index in [1.165, 1.54) is 6.07 Å². The summed E-state index contributed by atoms with van der Waals surface area (Å²) in [5.41, 5.74) is 0.800. The Morgan fingerprint density at radius 2 is 2.14 bits per heavy atom. The van der Waals surface area contributed by atoms with Gasteiger partial charge in [-0.05, 0) is 12.1 Å². The average Bonchev–Trinajstić information content (AvgIpc) is 2.00. The van der Waals surface area contributed by atoms with Gasteiger partial charge in [0.25, 0.3) is 0 Å². The highest BCUT2D eigenvalue weighted by molar-refractivity contribution is 5.95. The highest BCUT2D eigenvalue weighted by Crippen LogP contribution is 2.38. The van der Waals surface area contributed by atoms with Crippen LogP contribution in [0.3, 0.4) is 0 Å². The van der Waals surface area contributed by atoms with Crippen molar-refractivity contribution >= 4 is 11.6 Å². The number of fused-ring (bicyclic) bond motifs is 1. The molecule has 2 nitrogen and oxygen atoms in total. The lowest BCUT2D eigenvalue weighted by Crippen LogP contribution is -2.33. The fourth-order valence-corrected chi connectivity index (χ4v) is 2.00. The normalized spacial score (nSPS) is 18.6. The molecule has 0 saturated heterocycles. The molecule has 0 fully saturated rings. The van der Waals surface area contributed by atoms with E-state index in [9.17, 15) is 9.18 Å². The van der Waals surface area contributed by atoms with Crippen molar-refractivity contribution in [1.82, 2.24) is 0 Å². The summed E-state index contributed by atoms with van der Waals surface area (Å²) in [6.07, 6.45) is 0.334. The Hall–Kier alpha value is -1.38. The molecule has 2 rings (SSSR count). The van der Waals surface area contributed by atoms with E-state index in [1.807, 2.05) is 13.8 Å². The lowest BCUT2D eigenvalue weighted by atomic mass is 9.78. The first-order chi connectivity index (χ1) is 6.50. The molecule has 3 heteroatoms. The molecule has 1 aliphatic rings. The van der Waals surface area contributed by atoms with E-state index in [-0.39, 0.29) is 11.7 Å². The van der Waals surface area contributed by atoms with Crippen LogP contribution >= 0.6 is 0 Å². The molecule has 0 saturated carbocycles. The molecule has 1 N–H and O–H groups in total. The minimum atomic E-state index is -0.414. The van der Waals surface area contributed by atoms with Gasteiger partial charge in [-0.1, -0.05) is 19.9 Å². The molecule has 1 aliphatic heterocycles. The molecule has 1 aromatic rings. The smallest absolute Gasteiger partial charge is 0.225 e. The van der Waals surface area contributed by atoms with Gasteiger partial charge >= 0.3 is 0 Å². The summed E-state index contributed by atoms with van der Waals surface area (Å²) in [4.78, 5) is 11.3. The van der Waals surface area contributed by atoms with Gasteiger partial charge in [-0.2, -0.15) is 0 Å². The van der Waals surface area contributed by atoms with Crippen LogP contribution < -0.4 is 5.32 Å². The molecular formula is C11H12FNO. The first-order valence-corrected chi connectivity index (χ1v) is 4.59. The van der Waals surface area contributed by atoms with Gasteiger partial charge in [-0.15, -0.1) is 0 Å². The quantitative estimate of drug-likeness (QED) is 0.673. The third kappa shape index (κ3) is 1.29. The zero-order valence-corrected chi connectivity index (χ0v) is 8.23. The summed E-state index contributed by atoms with van der Waals surface area (Å²) < 4.78 is 13.5. The first-order valence-electron chi connectivity index (χ1n) is 4.59. The summed E-state index contributed by atoms with van der Waals surface area (Å²) in [5.74, 6) is -0.291. The molecule has 1 aromatic carbocycles. The fraction of sp³-hybridized carbons (Fsp3) is 0.364. The first kappa shape index (κ1) is 9.19. The van der Waals surface area contributed by atoms with Crippen LogP contribution in [0.2, 0.25) is 0 Å². The van der Waals surface area contributed by atoms with Gasteiger partial charge in [0.2, 0.25) is 5.91 Å². The van der Waals surface area contributed by atoms with E-state index in [0.29, 0.717) is 17.7 Å². The predicted octanol–water partition coefficient (Wildman–Crippen LogP) is 2.45. The second-order valence-corrected chi connectivity index (χ2v) is 4.27. The van der Waals surface area contributed by atoms with Gasteiger partial charge in [0.15, 0.2) is 0 Å². The van der Waals surface area contributed by atoms with Crippen LogP contribution in [0.5, 0.6) is 0 Å². The highest BCUT2D eigenvalue weighted by Gasteiger charge is 2.34. The zero-order valence-electron chi connectivity index (χ0n) is 8.23. The number of anilines is 1. The maximum atomic E-state index is 13.5. The van der Waals surface area contributed by atoms with Crippen molar-refractivity contribution in [3.8, 4) is 0 Å². The molecule has 0 unspecified atom stereocenters. The van der Waals surface area contributed by atoms with Crippen molar-refractivity contribution in [2.45, 2.75) is 25.7 Å². The maximum Gasteiger partial charge on any atom is 0.225 e. The van der Waals surface area contributed by atoms with Crippen molar-refractivity contribution in [3.63, 3.8) is 0 Å². The Kier molecular flexibility index (Phi) is 1.84. The van der Waals surface area contributed by atoms with Crippen molar-refractivity contribution in [1.29, 1.82) is 0 Å². The van der Waals surface area contributed by atoms with Gasteiger partial charge in [-0.25, -0.2) is 4.39 Å². The molecule has 14 heavy (non-hydrogen) atoms. The number of rotatable bonds is 0. The third-order valence-corrected chi connectivity index (χ3v) is 2.57. The summed E-state index contributed by atoms with van der Waals surface area (Å²) in [7, 11) is 0. The number of hydrogen-bond donors (Lipinski definition) is 1. The second kappa shape index (κ2) is 2.80. The molecule has 0 aliphatic carbocycles. The van der Waals surface area contributed by atoms with Crippen molar-refractivity contribution in [3.05, 3.63) is 29.6 Å². The fourth-order valence-electron chi connectivity index (χ4n) is 2.00. The number of halogens is 1. The van der Waals surface area contributed by atoms with Crippen LogP contribution in [0.25, 0.3) is 0 Å². The zero-order chi connectivity index (χ0) is 10.3. The van der Waals surface area contributed by atoms with E-state index >= 15 is 0 Å². The topological polar surface area (TPSA) is 29.1 Å². The van der Waals surface area contributed by atoms with Crippen LogP contribution in [0.1, 0.15) is 25.8 Å². The van der Waals surface area contributed by atoms with Gasteiger partial charge < -0.3 is 5.32 Å². The highest BCUT2D eigenvalue weighted by atomic mass is 19.1. The third-order valence-electron chi connectivity index (χ3n) is 2.57. The molecule has 0 aromatic heterocycles. The lowest BCUT2D eigenvalue weighted by Gasteiger charge is -2.32. The summed E-state index contributed by atoms with van der Waals surface area (Å²) in [6.45, 7) is 3.77. The number of nitrogens with one attached hydrogen (secondary N) is 1. The molecule has 74 valence electrons. The van der Waals surface area contributed by atoms with E-state index in [4.69, 9.17) is 0 Å². The van der Waals surface area contributed by atoms with Gasteiger partial charge in [0.1, 0.15) is 5.82 Å². The maximum absolute atomic E-state index is 13.5. The summed E-state index contributed by atoms with van der Waals surface area (Å²) in [5, 5.41) is 2.68. The average molecular weight is 193 g/mol. The van der Waals surface area contributed by atoms with Gasteiger partial charge in [-0.3, -0.25) is 4.79 Å². The van der Waals surface area contributed by atoms with Crippen LogP contribution in [0.15, 0.2) is 18.2 Å². The Morgan fingerprint density at radius 3 is 2.86 bits per heavy atom. The number of carbonyl (C=O) groups excluding carboxylic acids is 1. The van der Waals surface area contributed by atoms with Gasteiger partial charge in [0.05, 0.1) is 0 Å². The Labute approximate surface area is 82.1 Å². The van der Waals surface area contributed by atoms with Crippen molar-refractivity contribution in [2.24, 2.45) is 0 Å². The van der Waals surface area contributed by atoms with E-state index < -0.39 is 5.41 Å². The van der Waals surface area contributed by atoms with Crippen LogP contribution in [-0.2, 0) is 10.2 Å². The van der Waals surface area contributed by atoms with Crippen molar-refractivity contribution < 1.29 is 9.18 Å². The lowest BCUT2D eigenvalue weighted by molar-refractivity contribution is -0.117. The SMILES string of the molecule is CC1(C)CC(=O)Nc2cccc(F)c21. The van der Waals surface area contributed by atoms with E-state index in [2.05, 4.69) is 5.32 Å². The van der Waals surface area contributed by atoms with Crippen LogP contribution in [0, 0.1) is 5.82 Å². The molecule has 0 spiro atoms. The molecule has 0 radical (unpaired) electrons. The molecule has 0 bridgehead atoms. The number of amides is 1. The van der Waals surface area contributed by atoms with Crippen LogP contribution in [-0.4, -0.2) is 5.91 Å². The minimum Gasteiger partial charge on any atom is -0.326 e. The molecular weight excluding hydrogens is 181 g/mol. The predicted molar refractivity (Wildman–Crippen MR) is 52.7 cm³/mol. The summed E-state index contributed by atoms with van der Waals surface area (Å²) >= 11 is 0. The van der Waals surface area contributed by atoms with Crippen molar-refractivity contribution in [2.75, 3.05) is 5.32 Å². The Balaban J connectivity index is 2.64. The number of benzene rings is 1. The van der Waals surface area contributed by atoms with E-state index in [0.717, 1.165) is 0 Å². The molecule has 1 amide bonds. The van der Waals surface area contributed by atoms with E-state index in [1.54, 1.807) is 12.1 Å². The number of carbonyl (C=O) groups is 1.